The Hall–Kier alpha value is -3.09. The topological polar surface area (TPSA) is 99.9 Å². The standard InChI is InChI=1S/C19H20N2O5/c1-12-8-9-16(26-12)17(22)20-14-6-4-5-13(11-14)18(23)21-10-3-2-7-15(21)19(24)25/h4-6,8-9,11,15H,2-3,7,10H2,1H3,(H,20,22)(H,24,25). The molecular weight excluding hydrogens is 336 g/mol. The zero-order valence-corrected chi connectivity index (χ0v) is 14.4. The number of carboxylic acid groups (broad SMARTS) is 1. The van der Waals surface area contributed by atoms with Gasteiger partial charge in [-0.3, -0.25) is 9.59 Å². The molecule has 0 spiro atoms. The van der Waals surface area contributed by atoms with E-state index in [4.69, 9.17) is 4.42 Å². The highest BCUT2D eigenvalue weighted by Crippen LogP contribution is 2.21. The molecule has 136 valence electrons. The summed E-state index contributed by atoms with van der Waals surface area (Å²) in [4.78, 5) is 37.7. The van der Waals surface area contributed by atoms with Gasteiger partial charge in [-0.25, -0.2) is 4.79 Å². The first-order valence-corrected chi connectivity index (χ1v) is 8.47. The highest BCUT2D eigenvalue weighted by Gasteiger charge is 2.32. The van der Waals surface area contributed by atoms with Crippen LogP contribution in [0, 0.1) is 6.92 Å². The molecule has 1 atom stereocenters. The molecule has 1 fully saturated rings. The van der Waals surface area contributed by atoms with E-state index >= 15 is 0 Å². The minimum atomic E-state index is -0.990. The van der Waals surface area contributed by atoms with E-state index in [2.05, 4.69) is 5.32 Å². The third-order valence-corrected chi connectivity index (χ3v) is 4.38. The Balaban J connectivity index is 1.77. The minimum Gasteiger partial charge on any atom is -0.480 e. The van der Waals surface area contributed by atoms with E-state index in [9.17, 15) is 19.5 Å². The van der Waals surface area contributed by atoms with Crippen LogP contribution in [0.15, 0.2) is 40.8 Å². The van der Waals surface area contributed by atoms with E-state index in [1.54, 1.807) is 43.3 Å². The van der Waals surface area contributed by atoms with Gasteiger partial charge < -0.3 is 19.7 Å². The lowest BCUT2D eigenvalue weighted by Crippen LogP contribution is -2.48. The molecule has 0 radical (unpaired) electrons. The van der Waals surface area contributed by atoms with Crippen molar-refractivity contribution in [1.82, 2.24) is 4.90 Å². The van der Waals surface area contributed by atoms with Gasteiger partial charge in [-0.15, -0.1) is 0 Å². The van der Waals surface area contributed by atoms with Crippen molar-refractivity contribution in [1.29, 1.82) is 0 Å². The van der Waals surface area contributed by atoms with Crippen LogP contribution in [-0.4, -0.2) is 40.4 Å². The molecule has 2 heterocycles. The normalized spacial score (nSPS) is 17.0. The summed E-state index contributed by atoms with van der Waals surface area (Å²) in [7, 11) is 0. The number of benzene rings is 1. The van der Waals surface area contributed by atoms with Crippen molar-refractivity contribution in [2.45, 2.75) is 32.2 Å². The lowest BCUT2D eigenvalue weighted by atomic mass is 10.0. The van der Waals surface area contributed by atoms with Gasteiger partial charge in [0, 0.05) is 17.8 Å². The first kappa shape index (κ1) is 17.7. The SMILES string of the molecule is Cc1ccc(C(=O)Nc2cccc(C(=O)N3CCCCC3C(=O)O)c2)o1. The second kappa shape index (κ2) is 7.43. The van der Waals surface area contributed by atoms with Crippen molar-refractivity contribution in [3.05, 3.63) is 53.5 Å². The van der Waals surface area contributed by atoms with Crippen LogP contribution in [0.4, 0.5) is 5.69 Å². The molecule has 0 aliphatic carbocycles. The number of nitrogens with one attached hydrogen (secondary N) is 1. The number of furan rings is 1. The Labute approximate surface area is 150 Å². The number of carbonyl (C=O) groups is 3. The number of amides is 2. The first-order valence-electron chi connectivity index (χ1n) is 8.47. The zero-order chi connectivity index (χ0) is 18.7. The number of carboxylic acids is 1. The molecule has 0 saturated carbocycles. The fraction of sp³-hybridized carbons (Fsp3) is 0.316. The maximum absolute atomic E-state index is 12.8. The second-order valence-corrected chi connectivity index (χ2v) is 6.29. The van der Waals surface area contributed by atoms with Crippen LogP contribution in [0.5, 0.6) is 0 Å². The van der Waals surface area contributed by atoms with E-state index in [0.717, 1.165) is 12.8 Å². The van der Waals surface area contributed by atoms with Crippen molar-refractivity contribution < 1.29 is 23.9 Å². The lowest BCUT2D eigenvalue weighted by molar-refractivity contribution is -0.143. The van der Waals surface area contributed by atoms with E-state index in [0.29, 0.717) is 30.0 Å². The Morgan fingerprint density at radius 1 is 1.19 bits per heavy atom. The predicted molar refractivity (Wildman–Crippen MR) is 94.2 cm³/mol. The van der Waals surface area contributed by atoms with Crippen LogP contribution >= 0.6 is 0 Å². The van der Waals surface area contributed by atoms with Crippen LogP contribution in [-0.2, 0) is 4.79 Å². The summed E-state index contributed by atoms with van der Waals surface area (Å²) >= 11 is 0. The summed E-state index contributed by atoms with van der Waals surface area (Å²) < 4.78 is 5.28. The summed E-state index contributed by atoms with van der Waals surface area (Å²) in [5, 5.41) is 12.0. The summed E-state index contributed by atoms with van der Waals surface area (Å²) in [6, 6.07) is 8.93. The average Bonchev–Trinajstić information content (AvgIpc) is 3.08. The Morgan fingerprint density at radius 2 is 2.00 bits per heavy atom. The molecule has 1 saturated heterocycles. The number of likely N-dealkylation sites (tertiary alicyclic amines) is 1. The van der Waals surface area contributed by atoms with Crippen LogP contribution in [0.1, 0.15) is 45.9 Å². The molecule has 1 aliphatic rings. The molecule has 7 nitrogen and oxygen atoms in total. The third kappa shape index (κ3) is 3.77. The van der Waals surface area contributed by atoms with Gasteiger partial charge in [0.1, 0.15) is 11.8 Å². The monoisotopic (exact) mass is 356 g/mol. The number of aliphatic carboxylic acids is 1. The van der Waals surface area contributed by atoms with Crippen LogP contribution in [0.25, 0.3) is 0 Å². The fourth-order valence-electron chi connectivity index (χ4n) is 3.08. The number of anilines is 1. The number of hydrogen-bond acceptors (Lipinski definition) is 4. The van der Waals surface area contributed by atoms with Crippen molar-refractivity contribution >= 4 is 23.5 Å². The molecule has 0 bridgehead atoms. The van der Waals surface area contributed by atoms with Crippen LogP contribution in [0.3, 0.4) is 0 Å². The van der Waals surface area contributed by atoms with Crippen LogP contribution in [0.2, 0.25) is 0 Å². The summed E-state index contributed by atoms with van der Waals surface area (Å²) in [5.74, 6) is -0.938. The Bertz CT molecular complexity index is 842. The number of rotatable bonds is 4. The third-order valence-electron chi connectivity index (χ3n) is 4.38. The summed E-state index contributed by atoms with van der Waals surface area (Å²) in [6.07, 6.45) is 2.03. The molecule has 3 rings (SSSR count). The quantitative estimate of drug-likeness (QED) is 0.877. The zero-order valence-electron chi connectivity index (χ0n) is 14.4. The predicted octanol–water partition coefficient (Wildman–Crippen LogP) is 2.92. The molecule has 26 heavy (non-hydrogen) atoms. The van der Waals surface area contributed by atoms with Gasteiger partial charge in [-0.1, -0.05) is 6.07 Å². The molecular formula is C19H20N2O5. The van der Waals surface area contributed by atoms with E-state index in [-0.39, 0.29) is 11.7 Å². The maximum Gasteiger partial charge on any atom is 0.326 e. The maximum atomic E-state index is 12.8. The van der Waals surface area contributed by atoms with Gasteiger partial charge in [-0.2, -0.15) is 0 Å². The lowest BCUT2D eigenvalue weighted by Gasteiger charge is -2.33. The largest absolute Gasteiger partial charge is 0.480 e. The molecule has 2 N–H and O–H groups in total. The molecule has 1 aromatic heterocycles. The highest BCUT2D eigenvalue weighted by molar-refractivity contribution is 6.03. The molecule has 7 heteroatoms. The Kier molecular flexibility index (Phi) is 5.06. The first-order chi connectivity index (χ1) is 12.5. The molecule has 1 aromatic carbocycles. The number of piperidine rings is 1. The summed E-state index contributed by atoms with van der Waals surface area (Å²) in [6.45, 7) is 2.16. The number of aryl methyl sites for hydroxylation is 1. The number of carbonyl (C=O) groups excluding carboxylic acids is 2. The van der Waals surface area contributed by atoms with Crippen molar-refractivity contribution in [3.8, 4) is 0 Å². The number of hydrogen-bond donors (Lipinski definition) is 2. The average molecular weight is 356 g/mol. The number of nitrogens with zero attached hydrogens (tertiary/aromatic N) is 1. The smallest absolute Gasteiger partial charge is 0.326 e. The summed E-state index contributed by atoms with van der Waals surface area (Å²) in [5.41, 5.74) is 0.783. The van der Waals surface area contributed by atoms with Gasteiger partial charge in [-0.05, 0) is 56.5 Å². The van der Waals surface area contributed by atoms with Gasteiger partial charge in [0.05, 0.1) is 0 Å². The van der Waals surface area contributed by atoms with E-state index in [1.807, 2.05) is 0 Å². The van der Waals surface area contributed by atoms with Gasteiger partial charge >= 0.3 is 5.97 Å². The minimum absolute atomic E-state index is 0.182. The van der Waals surface area contributed by atoms with Crippen molar-refractivity contribution in [2.24, 2.45) is 0 Å². The van der Waals surface area contributed by atoms with Crippen LogP contribution < -0.4 is 5.32 Å². The van der Waals surface area contributed by atoms with E-state index in [1.165, 1.54) is 4.90 Å². The van der Waals surface area contributed by atoms with Gasteiger partial charge in [0.15, 0.2) is 5.76 Å². The molecule has 2 aromatic rings. The highest BCUT2D eigenvalue weighted by atomic mass is 16.4. The second-order valence-electron chi connectivity index (χ2n) is 6.29. The van der Waals surface area contributed by atoms with Crippen molar-refractivity contribution in [3.63, 3.8) is 0 Å². The Morgan fingerprint density at radius 3 is 2.69 bits per heavy atom. The van der Waals surface area contributed by atoms with E-state index < -0.39 is 17.9 Å². The molecule has 1 unspecified atom stereocenters. The molecule has 1 aliphatic heterocycles. The van der Waals surface area contributed by atoms with Gasteiger partial charge in [0.2, 0.25) is 0 Å². The fourth-order valence-corrected chi connectivity index (χ4v) is 3.08. The van der Waals surface area contributed by atoms with Crippen molar-refractivity contribution in [2.75, 3.05) is 11.9 Å². The molecule has 2 amide bonds. The van der Waals surface area contributed by atoms with Gasteiger partial charge in [0.25, 0.3) is 11.8 Å².